The number of nitrogens with one attached hydrogen (secondary N) is 3. The Morgan fingerprint density at radius 3 is 3.04 bits per heavy atom. The highest BCUT2D eigenvalue weighted by atomic mass is 16.5. The minimum absolute atomic E-state index is 0.188. The topological polar surface area (TPSA) is 154 Å². The van der Waals surface area contributed by atoms with E-state index in [4.69, 9.17) is 4.74 Å². The average Bonchev–Trinajstić information content (AvgIpc) is 3.34. The summed E-state index contributed by atoms with van der Waals surface area (Å²) in [6, 6.07) is 0. The molecule has 3 aromatic rings. The van der Waals surface area contributed by atoms with Gasteiger partial charge in [-0.2, -0.15) is 4.98 Å². The molecule has 3 aromatic heterocycles. The quantitative estimate of drug-likeness (QED) is 0.380. The van der Waals surface area contributed by atoms with Gasteiger partial charge >= 0.3 is 0 Å². The minimum Gasteiger partial charge on any atom is -0.394 e. The first-order chi connectivity index (χ1) is 12.7. The Kier molecular flexibility index (Phi) is 4.41. The van der Waals surface area contributed by atoms with Crippen LogP contribution in [0.3, 0.4) is 0 Å². The van der Waals surface area contributed by atoms with Crippen LogP contribution in [0.25, 0.3) is 11.2 Å². The summed E-state index contributed by atoms with van der Waals surface area (Å²) in [7, 11) is 0. The van der Waals surface area contributed by atoms with Crippen LogP contribution < -0.4 is 10.9 Å². The molecule has 26 heavy (non-hydrogen) atoms. The SMILES string of the molecule is O=c1[nH]c(NCCc2c[nH]cn2)nc2c1ncn2[C@H]1CC(O)[C@@H](CO)O1. The van der Waals surface area contributed by atoms with Crippen LogP contribution in [0.15, 0.2) is 23.6 Å². The van der Waals surface area contributed by atoms with Crippen LogP contribution in [0.5, 0.6) is 0 Å². The van der Waals surface area contributed by atoms with Crippen molar-refractivity contribution in [3.8, 4) is 0 Å². The van der Waals surface area contributed by atoms with E-state index in [2.05, 4.69) is 30.2 Å². The molecule has 4 heterocycles. The Morgan fingerprint density at radius 1 is 1.42 bits per heavy atom. The van der Waals surface area contributed by atoms with Crippen LogP contribution in [0.2, 0.25) is 0 Å². The van der Waals surface area contributed by atoms with Gasteiger partial charge in [0.2, 0.25) is 5.95 Å². The van der Waals surface area contributed by atoms with Crippen molar-refractivity contribution in [1.29, 1.82) is 0 Å². The molecule has 11 nitrogen and oxygen atoms in total. The van der Waals surface area contributed by atoms with Crippen molar-refractivity contribution in [2.45, 2.75) is 31.3 Å². The lowest BCUT2D eigenvalue weighted by Crippen LogP contribution is -2.24. The third kappa shape index (κ3) is 3.07. The summed E-state index contributed by atoms with van der Waals surface area (Å²) in [4.78, 5) is 30.4. The summed E-state index contributed by atoms with van der Waals surface area (Å²) in [6.45, 7) is 0.261. The summed E-state index contributed by atoms with van der Waals surface area (Å²) < 4.78 is 7.22. The van der Waals surface area contributed by atoms with Crippen molar-refractivity contribution in [1.82, 2.24) is 29.5 Å². The van der Waals surface area contributed by atoms with E-state index in [0.29, 0.717) is 24.6 Å². The van der Waals surface area contributed by atoms with Crippen LogP contribution >= 0.6 is 0 Å². The normalized spacial score (nSPS) is 22.9. The van der Waals surface area contributed by atoms with Gasteiger partial charge in [0.1, 0.15) is 12.3 Å². The lowest BCUT2D eigenvalue weighted by molar-refractivity contribution is -0.0432. The number of ether oxygens (including phenoxy) is 1. The number of hydrogen-bond acceptors (Lipinski definition) is 8. The zero-order chi connectivity index (χ0) is 18.1. The largest absolute Gasteiger partial charge is 0.394 e. The van der Waals surface area contributed by atoms with E-state index in [1.165, 1.54) is 6.33 Å². The molecule has 1 aliphatic rings. The van der Waals surface area contributed by atoms with Gasteiger partial charge < -0.3 is 25.3 Å². The summed E-state index contributed by atoms with van der Waals surface area (Å²) in [5.41, 5.74) is 1.07. The molecular weight excluding hydrogens is 342 g/mol. The van der Waals surface area contributed by atoms with Crippen LogP contribution in [0, 0.1) is 0 Å². The van der Waals surface area contributed by atoms with Gasteiger partial charge in [0.15, 0.2) is 11.2 Å². The molecule has 0 spiro atoms. The van der Waals surface area contributed by atoms with Gasteiger partial charge in [-0.05, 0) is 0 Å². The fourth-order valence-electron chi connectivity index (χ4n) is 3.01. The van der Waals surface area contributed by atoms with E-state index in [9.17, 15) is 15.0 Å². The van der Waals surface area contributed by atoms with Crippen molar-refractivity contribution in [2.24, 2.45) is 0 Å². The predicted molar refractivity (Wildman–Crippen MR) is 90.5 cm³/mol. The summed E-state index contributed by atoms with van der Waals surface area (Å²) in [6.07, 6.45) is 3.83. The standard InChI is InChI=1S/C15H19N7O4/c23-5-10-9(24)3-11(26-10)22-7-19-12-13(22)20-15(21-14(12)25)17-2-1-8-4-16-6-18-8/h4,6-7,9-11,23-24H,1-3,5H2,(H,16,18)(H2,17,20,21,25)/t9?,10-,11-/m1/s1. The van der Waals surface area contributed by atoms with Crippen molar-refractivity contribution in [3.05, 3.63) is 34.9 Å². The molecule has 0 bridgehead atoms. The molecule has 0 amide bonds. The Labute approximate surface area is 147 Å². The van der Waals surface area contributed by atoms with Gasteiger partial charge in [-0.3, -0.25) is 14.3 Å². The zero-order valence-electron chi connectivity index (χ0n) is 13.8. The molecule has 0 aromatic carbocycles. The summed E-state index contributed by atoms with van der Waals surface area (Å²) in [5, 5.41) is 22.2. The third-order valence-electron chi connectivity index (χ3n) is 4.36. The highest BCUT2D eigenvalue weighted by Gasteiger charge is 2.35. The smallest absolute Gasteiger partial charge is 0.280 e. The van der Waals surface area contributed by atoms with Crippen LogP contribution in [0.1, 0.15) is 18.3 Å². The van der Waals surface area contributed by atoms with Gasteiger partial charge in [0.25, 0.3) is 5.56 Å². The number of imidazole rings is 2. The molecule has 138 valence electrons. The number of nitrogens with zero attached hydrogens (tertiary/aromatic N) is 4. The first-order valence-electron chi connectivity index (χ1n) is 8.28. The average molecular weight is 361 g/mol. The number of aliphatic hydroxyl groups excluding tert-OH is 2. The highest BCUT2D eigenvalue weighted by molar-refractivity contribution is 5.70. The molecule has 5 N–H and O–H groups in total. The molecule has 11 heteroatoms. The Hall–Kier alpha value is -2.76. The van der Waals surface area contributed by atoms with E-state index in [0.717, 1.165) is 5.69 Å². The first kappa shape index (κ1) is 16.7. The maximum atomic E-state index is 12.2. The first-order valence-corrected chi connectivity index (χ1v) is 8.28. The maximum Gasteiger partial charge on any atom is 0.280 e. The van der Waals surface area contributed by atoms with E-state index in [1.54, 1.807) is 17.1 Å². The number of hydrogen-bond donors (Lipinski definition) is 5. The Bertz CT molecular complexity index is 935. The van der Waals surface area contributed by atoms with Crippen molar-refractivity contribution in [3.63, 3.8) is 0 Å². The minimum atomic E-state index is -0.782. The van der Waals surface area contributed by atoms with Gasteiger partial charge in [0.05, 0.1) is 31.1 Å². The van der Waals surface area contributed by atoms with Gasteiger partial charge in [-0.15, -0.1) is 0 Å². The van der Waals surface area contributed by atoms with E-state index in [1.807, 2.05) is 0 Å². The number of aromatic nitrogens is 6. The number of fused-ring (bicyclic) bond motifs is 1. The second-order valence-electron chi connectivity index (χ2n) is 6.09. The summed E-state index contributed by atoms with van der Waals surface area (Å²) in [5.74, 6) is 0.317. The molecule has 1 fully saturated rings. The predicted octanol–water partition coefficient (Wildman–Crippen LogP) is -0.862. The van der Waals surface area contributed by atoms with Crippen LogP contribution in [-0.4, -0.2) is 65.1 Å². The molecule has 1 saturated heterocycles. The maximum absolute atomic E-state index is 12.2. The molecule has 0 saturated carbocycles. The van der Waals surface area contributed by atoms with E-state index in [-0.39, 0.29) is 24.1 Å². The number of rotatable bonds is 6. The summed E-state index contributed by atoms with van der Waals surface area (Å²) >= 11 is 0. The van der Waals surface area contributed by atoms with E-state index < -0.39 is 18.4 Å². The fourth-order valence-corrected chi connectivity index (χ4v) is 3.01. The molecular formula is C15H19N7O4. The third-order valence-corrected chi connectivity index (χ3v) is 4.36. The molecule has 3 atom stereocenters. The highest BCUT2D eigenvalue weighted by Crippen LogP contribution is 2.30. The fraction of sp³-hybridized carbons (Fsp3) is 0.467. The zero-order valence-corrected chi connectivity index (χ0v) is 13.8. The van der Waals surface area contributed by atoms with Gasteiger partial charge in [-0.25, -0.2) is 9.97 Å². The molecule has 0 radical (unpaired) electrons. The van der Waals surface area contributed by atoms with Gasteiger partial charge in [0, 0.05) is 25.6 Å². The molecule has 4 rings (SSSR count). The number of H-pyrrole nitrogens is 2. The van der Waals surface area contributed by atoms with Crippen LogP contribution in [0.4, 0.5) is 5.95 Å². The monoisotopic (exact) mass is 361 g/mol. The Morgan fingerprint density at radius 2 is 2.31 bits per heavy atom. The molecule has 1 aliphatic heterocycles. The molecule has 1 unspecified atom stereocenters. The number of anilines is 1. The van der Waals surface area contributed by atoms with Crippen molar-refractivity contribution in [2.75, 3.05) is 18.5 Å². The second kappa shape index (κ2) is 6.86. The Balaban J connectivity index is 1.56. The van der Waals surface area contributed by atoms with Gasteiger partial charge in [-0.1, -0.05) is 0 Å². The van der Waals surface area contributed by atoms with Crippen molar-refractivity contribution < 1.29 is 14.9 Å². The second-order valence-corrected chi connectivity index (χ2v) is 6.09. The number of aliphatic hydroxyl groups is 2. The van der Waals surface area contributed by atoms with E-state index >= 15 is 0 Å². The van der Waals surface area contributed by atoms with Crippen molar-refractivity contribution >= 4 is 17.1 Å². The van der Waals surface area contributed by atoms with Crippen LogP contribution in [-0.2, 0) is 11.2 Å². The lowest BCUT2D eigenvalue weighted by Gasteiger charge is -2.14. The molecule has 0 aliphatic carbocycles. The lowest BCUT2D eigenvalue weighted by atomic mass is 10.2. The number of aromatic amines is 2.